The molecular formula is C18H27N3O2S. The first kappa shape index (κ1) is 17.4. The Balaban J connectivity index is 1.65. The van der Waals surface area contributed by atoms with Gasteiger partial charge < -0.3 is 19.9 Å². The lowest BCUT2D eigenvalue weighted by Gasteiger charge is -2.38. The third-order valence-electron chi connectivity index (χ3n) is 4.54. The fourth-order valence-electron chi connectivity index (χ4n) is 3.19. The van der Waals surface area contributed by atoms with Gasteiger partial charge in [0.1, 0.15) is 0 Å². The van der Waals surface area contributed by atoms with Crippen molar-refractivity contribution in [2.75, 3.05) is 54.5 Å². The average molecular weight is 350 g/mol. The maximum atomic E-state index is 12.5. The van der Waals surface area contributed by atoms with Gasteiger partial charge in [-0.3, -0.25) is 0 Å². The van der Waals surface area contributed by atoms with Crippen molar-refractivity contribution in [2.45, 2.75) is 26.4 Å². The molecule has 5 nitrogen and oxygen atoms in total. The number of urea groups is 1. The number of carbonyl (C=O) groups is 1. The van der Waals surface area contributed by atoms with E-state index in [-0.39, 0.29) is 11.6 Å². The molecule has 3 rings (SSSR count). The zero-order chi connectivity index (χ0) is 17.2. The number of thioether (sulfide) groups is 1. The van der Waals surface area contributed by atoms with Gasteiger partial charge in [0.15, 0.2) is 0 Å². The summed E-state index contributed by atoms with van der Waals surface area (Å²) in [7, 11) is 0. The number of anilines is 2. The molecule has 6 heteroatoms. The summed E-state index contributed by atoms with van der Waals surface area (Å²) in [4.78, 5) is 16.8. The first-order chi connectivity index (χ1) is 11.4. The van der Waals surface area contributed by atoms with Crippen LogP contribution in [0.2, 0.25) is 0 Å². The van der Waals surface area contributed by atoms with Gasteiger partial charge in [0.05, 0.1) is 18.8 Å². The minimum Gasteiger partial charge on any atom is -0.372 e. The number of ether oxygens (including phenoxy) is 1. The van der Waals surface area contributed by atoms with Gasteiger partial charge in [0.25, 0.3) is 0 Å². The van der Waals surface area contributed by atoms with Crippen LogP contribution in [0, 0.1) is 6.92 Å². The molecule has 0 bridgehead atoms. The molecule has 1 aromatic rings. The zero-order valence-corrected chi connectivity index (χ0v) is 15.6. The molecule has 0 atom stereocenters. The van der Waals surface area contributed by atoms with E-state index in [2.05, 4.69) is 29.3 Å². The zero-order valence-electron chi connectivity index (χ0n) is 14.8. The van der Waals surface area contributed by atoms with Crippen LogP contribution in [0.3, 0.4) is 0 Å². The molecule has 2 amide bonds. The van der Waals surface area contributed by atoms with Crippen LogP contribution in [-0.2, 0) is 4.74 Å². The normalized spacial score (nSPS) is 20.8. The number of aryl methyl sites for hydroxylation is 1. The smallest absolute Gasteiger partial charge is 0.322 e. The molecule has 2 aliphatic rings. The largest absolute Gasteiger partial charge is 0.372 e. The molecule has 24 heavy (non-hydrogen) atoms. The number of hydrogen-bond donors (Lipinski definition) is 1. The van der Waals surface area contributed by atoms with Crippen LogP contribution in [-0.4, -0.2) is 60.8 Å². The van der Waals surface area contributed by atoms with Crippen molar-refractivity contribution in [1.82, 2.24) is 4.90 Å². The van der Waals surface area contributed by atoms with Crippen LogP contribution >= 0.6 is 11.8 Å². The van der Waals surface area contributed by atoms with E-state index >= 15 is 0 Å². The van der Waals surface area contributed by atoms with E-state index in [0.29, 0.717) is 19.7 Å². The maximum Gasteiger partial charge on any atom is 0.322 e. The molecule has 1 N–H and O–H groups in total. The first-order valence-corrected chi connectivity index (χ1v) is 9.73. The Hall–Kier alpha value is -1.40. The fraction of sp³-hybridized carbons (Fsp3) is 0.611. The van der Waals surface area contributed by atoms with Crippen molar-refractivity contribution in [2.24, 2.45) is 0 Å². The Kier molecular flexibility index (Phi) is 5.25. The molecule has 132 valence electrons. The van der Waals surface area contributed by atoms with E-state index in [1.165, 1.54) is 17.2 Å². The Morgan fingerprint density at radius 1 is 1.25 bits per heavy atom. The molecular weight excluding hydrogens is 322 g/mol. The molecule has 2 saturated heterocycles. The summed E-state index contributed by atoms with van der Waals surface area (Å²) in [6.45, 7) is 10.1. The second-order valence-corrected chi connectivity index (χ2v) is 8.28. The third-order valence-corrected chi connectivity index (χ3v) is 5.48. The van der Waals surface area contributed by atoms with E-state index in [1.54, 1.807) is 0 Å². The topological polar surface area (TPSA) is 44.8 Å². The van der Waals surface area contributed by atoms with Crippen molar-refractivity contribution in [3.05, 3.63) is 23.8 Å². The average Bonchev–Trinajstić information content (AvgIpc) is 2.56. The van der Waals surface area contributed by atoms with Crippen molar-refractivity contribution in [1.29, 1.82) is 0 Å². The summed E-state index contributed by atoms with van der Waals surface area (Å²) in [5.74, 6) is 2.37. The highest BCUT2D eigenvalue weighted by molar-refractivity contribution is 7.99. The lowest BCUT2D eigenvalue weighted by molar-refractivity contribution is -0.0720. The highest BCUT2D eigenvalue weighted by Crippen LogP contribution is 2.25. The van der Waals surface area contributed by atoms with Crippen molar-refractivity contribution in [3.63, 3.8) is 0 Å². The maximum absolute atomic E-state index is 12.5. The van der Waals surface area contributed by atoms with Crippen LogP contribution in [0.25, 0.3) is 0 Å². The Labute approximate surface area is 148 Å². The van der Waals surface area contributed by atoms with E-state index in [9.17, 15) is 4.79 Å². The number of hydrogen-bond acceptors (Lipinski definition) is 4. The molecule has 2 aliphatic heterocycles. The second kappa shape index (κ2) is 7.23. The van der Waals surface area contributed by atoms with Crippen molar-refractivity contribution in [3.8, 4) is 0 Å². The highest BCUT2D eigenvalue weighted by Gasteiger charge is 2.30. The number of nitrogens with one attached hydrogen (secondary N) is 1. The lowest BCUT2D eigenvalue weighted by Crippen LogP contribution is -2.51. The van der Waals surface area contributed by atoms with Crippen molar-refractivity contribution >= 4 is 29.2 Å². The fourth-order valence-corrected chi connectivity index (χ4v) is 4.09. The number of rotatable bonds is 2. The Morgan fingerprint density at radius 2 is 2.00 bits per heavy atom. The lowest BCUT2D eigenvalue weighted by atomic mass is 10.1. The van der Waals surface area contributed by atoms with E-state index < -0.39 is 0 Å². The van der Waals surface area contributed by atoms with E-state index in [0.717, 1.165) is 24.3 Å². The minimum absolute atomic E-state index is 0.0448. The monoisotopic (exact) mass is 349 g/mol. The molecule has 0 saturated carbocycles. The molecule has 0 unspecified atom stereocenters. The van der Waals surface area contributed by atoms with Gasteiger partial charge in [-0.05, 0) is 44.5 Å². The summed E-state index contributed by atoms with van der Waals surface area (Å²) >= 11 is 2.01. The first-order valence-electron chi connectivity index (χ1n) is 8.58. The molecule has 1 aromatic carbocycles. The minimum atomic E-state index is -0.277. The second-order valence-electron chi connectivity index (χ2n) is 7.06. The van der Waals surface area contributed by atoms with Crippen LogP contribution in [0.4, 0.5) is 16.2 Å². The molecule has 0 aromatic heterocycles. The predicted octanol–water partition coefficient (Wildman–Crippen LogP) is 3.19. The van der Waals surface area contributed by atoms with E-state index in [4.69, 9.17) is 4.74 Å². The SMILES string of the molecule is Cc1cc(N2CCSCC2)ccc1NC(=O)N1CCOC(C)(C)C1. The van der Waals surface area contributed by atoms with Gasteiger partial charge in [-0.2, -0.15) is 11.8 Å². The predicted molar refractivity (Wildman–Crippen MR) is 101 cm³/mol. The molecule has 0 radical (unpaired) electrons. The molecule has 2 heterocycles. The number of benzene rings is 1. The summed E-state index contributed by atoms with van der Waals surface area (Å²) in [5, 5.41) is 3.06. The number of nitrogens with zero attached hydrogens (tertiary/aromatic N) is 2. The molecule has 0 spiro atoms. The number of amides is 2. The van der Waals surface area contributed by atoms with Crippen LogP contribution < -0.4 is 10.2 Å². The van der Waals surface area contributed by atoms with Gasteiger partial charge in [-0.15, -0.1) is 0 Å². The van der Waals surface area contributed by atoms with Gasteiger partial charge in [-0.25, -0.2) is 4.79 Å². The quantitative estimate of drug-likeness (QED) is 0.891. The Morgan fingerprint density at radius 3 is 2.67 bits per heavy atom. The highest BCUT2D eigenvalue weighted by atomic mass is 32.2. The van der Waals surface area contributed by atoms with Gasteiger partial charge in [0, 0.05) is 42.5 Å². The van der Waals surface area contributed by atoms with Gasteiger partial charge >= 0.3 is 6.03 Å². The van der Waals surface area contributed by atoms with Crippen molar-refractivity contribution < 1.29 is 9.53 Å². The van der Waals surface area contributed by atoms with Crippen LogP contribution in [0.1, 0.15) is 19.4 Å². The summed E-state index contributed by atoms with van der Waals surface area (Å²) in [6.07, 6.45) is 0. The van der Waals surface area contributed by atoms with Crippen LogP contribution in [0.5, 0.6) is 0 Å². The molecule has 2 fully saturated rings. The van der Waals surface area contributed by atoms with E-state index in [1.807, 2.05) is 36.6 Å². The summed E-state index contributed by atoms with van der Waals surface area (Å²) < 4.78 is 5.67. The van der Waals surface area contributed by atoms with Crippen LogP contribution in [0.15, 0.2) is 18.2 Å². The van der Waals surface area contributed by atoms with Gasteiger partial charge in [0.2, 0.25) is 0 Å². The Bertz CT molecular complexity index is 600. The number of carbonyl (C=O) groups excluding carboxylic acids is 1. The number of morpholine rings is 1. The van der Waals surface area contributed by atoms with Gasteiger partial charge in [-0.1, -0.05) is 0 Å². The molecule has 0 aliphatic carbocycles. The standard InChI is InChI=1S/C18H27N3O2S/c1-14-12-15(20-7-10-24-11-8-20)4-5-16(14)19-17(22)21-6-9-23-18(2,3)13-21/h4-5,12H,6-11,13H2,1-3H3,(H,19,22). The summed E-state index contributed by atoms with van der Waals surface area (Å²) in [5.41, 5.74) is 2.96. The summed E-state index contributed by atoms with van der Waals surface area (Å²) in [6, 6.07) is 6.27. The third kappa shape index (κ3) is 4.16.